The minimum Gasteiger partial charge on any atom is -0.497 e. The lowest BCUT2D eigenvalue weighted by molar-refractivity contribution is 0.132. The van der Waals surface area contributed by atoms with Crippen LogP contribution in [0.1, 0.15) is 44.7 Å². The Bertz CT molecular complexity index is 358. The molecule has 1 atom stereocenters. The van der Waals surface area contributed by atoms with Crippen LogP contribution in [0.4, 0.5) is 0 Å². The van der Waals surface area contributed by atoms with Gasteiger partial charge in [0.25, 0.3) is 0 Å². The molecule has 0 aromatic heterocycles. The Labute approximate surface area is 111 Å². The van der Waals surface area contributed by atoms with E-state index in [-0.39, 0.29) is 0 Å². The third-order valence-electron chi connectivity index (χ3n) is 3.71. The summed E-state index contributed by atoms with van der Waals surface area (Å²) >= 11 is 0. The fraction of sp³-hybridized carbons (Fsp3) is 0.625. The van der Waals surface area contributed by atoms with Crippen LogP contribution in [0.3, 0.4) is 0 Å². The van der Waals surface area contributed by atoms with Crippen molar-refractivity contribution in [3.05, 3.63) is 29.8 Å². The zero-order valence-corrected chi connectivity index (χ0v) is 11.9. The number of ether oxygens (including phenoxy) is 1. The highest BCUT2D eigenvalue weighted by molar-refractivity contribution is 5.29. The van der Waals surface area contributed by atoms with Crippen LogP contribution in [-0.4, -0.2) is 25.1 Å². The van der Waals surface area contributed by atoms with Gasteiger partial charge in [0.1, 0.15) is 5.75 Å². The minimum atomic E-state index is 0.604. The summed E-state index contributed by atoms with van der Waals surface area (Å²) < 4.78 is 5.23. The first-order valence-corrected chi connectivity index (χ1v) is 7.08. The Hall–Kier alpha value is -1.02. The lowest BCUT2D eigenvalue weighted by Gasteiger charge is -2.37. The zero-order valence-electron chi connectivity index (χ0n) is 11.9. The van der Waals surface area contributed by atoms with E-state index in [0.717, 1.165) is 11.7 Å². The van der Waals surface area contributed by atoms with Gasteiger partial charge in [-0.1, -0.05) is 32.4 Å². The van der Waals surface area contributed by atoms with Gasteiger partial charge in [0, 0.05) is 12.6 Å². The van der Waals surface area contributed by atoms with Gasteiger partial charge in [-0.25, -0.2) is 0 Å². The van der Waals surface area contributed by atoms with E-state index in [9.17, 15) is 0 Å². The molecular weight excluding hydrogens is 222 g/mol. The van der Waals surface area contributed by atoms with Crippen LogP contribution >= 0.6 is 0 Å². The van der Waals surface area contributed by atoms with Gasteiger partial charge in [-0.05, 0) is 43.0 Å². The van der Waals surface area contributed by atoms with E-state index >= 15 is 0 Å². The predicted octanol–water partition coefficient (Wildman–Crippen LogP) is 3.88. The van der Waals surface area contributed by atoms with Gasteiger partial charge in [0.05, 0.1) is 7.11 Å². The summed E-state index contributed by atoms with van der Waals surface area (Å²) in [6, 6.07) is 9.21. The number of methoxy groups -OCH3 is 1. The highest BCUT2D eigenvalue weighted by Crippen LogP contribution is 2.32. The van der Waals surface area contributed by atoms with Crippen LogP contribution in [0.15, 0.2) is 24.3 Å². The standard InChI is InChI=1S/C16H25NO/c1-13(2)12-17-11-5-4-6-16(17)14-7-9-15(18-3)10-8-14/h7-10,13,16H,4-6,11-12H2,1-3H3/t16-/m0/s1. The summed E-state index contributed by atoms with van der Waals surface area (Å²) in [6.45, 7) is 7.06. The molecule has 100 valence electrons. The average Bonchev–Trinajstić information content (AvgIpc) is 2.39. The Morgan fingerprint density at radius 3 is 2.56 bits per heavy atom. The van der Waals surface area contributed by atoms with Crippen LogP contribution in [0, 0.1) is 5.92 Å². The van der Waals surface area contributed by atoms with E-state index in [4.69, 9.17) is 4.74 Å². The van der Waals surface area contributed by atoms with Gasteiger partial charge in [-0.15, -0.1) is 0 Å². The smallest absolute Gasteiger partial charge is 0.118 e. The van der Waals surface area contributed by atoms with Crippen LogP contribution in [0.5, 0.6) is 5.75 Å². The summed E-state index contributed by atoms with van der Waals surface area (Å²) in [5.41, 5.74) is 1.44. The molecule has 18 heavy (non-hydrogen) atoms. The number of rotatable bonds is 4. The van der Waals surface area contributed by atoms with E-state index in [1.165, 1.54) is 37.9 Å². The maximum absolute atomic E-state index is 5.23. The first-order chi connectivity index (χ1) is 8.70. The molecule has 1 aromatic carbocycles. The average molecular weight is 247 g/mol. The molecule has 0 N–H and O–H groups in total. The fourth-order valence-electron chi connectivity index (χ4n) is 2.88. The molecule has 1 aromatic rings. The molecule has 1 fully saturated rings. The van der Waals surface area contributed by atoms with Gasteiger partial charge in [-0.3, -0.25) is 4.90 Å². The maximum Gasteiger partial charge on any atom is 0.118 e. The summed E-state index contributed by atoms with van der Waals surface area (Å²) in [6.07, 6.45) is 3.99. The van der Waals surface area contributed by atoms with Crippen LogP contribution in [-0.2, 0) is 0 Å². The molecule has 2 heteroatoms. The molecule has 2 rings (SSSR count). The fourth-order valence-corrected chi connectivity index (χ4v) is 2.88. The Kier molecular flexibility index (Phi) is 4.65. The van der Waals surface area contributed by atoms with Crippen molar-refractivity contribution in [2.45, 2.75) is 39.2 Å². The SMILES string of the molecule is COc1ccc([C@@H]2CCCCN2CC(C)C)cc1. The first kappa shape index (κ1) is 13.4. The molecule has 1 saturated heterocycles. The van der Waals surface area contributed by atoms with E-state index in [1.807, 2.05) is 0 Å². The van der Waals surface area contributed by atoms with E-state index < -0.39 is 0 Å². The predicted molar refractivity (Wildman–Crippen MR) is 76.0 cm³/mol. The second-order valence-corrected chi connectivity index (χ2v) is 5.67. The van der Waals surface area contributed by atoms with Crippen molar-refractivity contribution in [2.24, 2.45) is 5.92 Å². The second kappa shape index (κ2) is 6.24. The summed E-state index contributed by atoms with van der Waals surface area (Å²) in [7, 11) is 1.72. The first-order valence-electron chi connectivity index (χ1n) is 7.08. The van der Waals surface area contributed by atoms with E-state index in [1.54, 1.807) is 7.11 Å². The number of piperidine rings is 1. The lowest BCUT2D eigenvalue weighted by Crippen LogP contribution is -2.36. The summed E-state index contributed by atoms with van der Waals surface area (Å²) in [5, 5.41) is 0. The van der Waals surface area contributed by atoms with Gasteiger partial charge in [-0.2, -0.15) is 0 Å². The van der Waals surface area contributed by atoms with Crippen molar-refractivity contribution in [3.63, 3.8) is 0 Å². The zero-order chi connectivity index (χ0) is 13.0. The maximum atomic E-state index is 5.23. The minimum absolute atomic E-state index is 0.604. The van der Waals surface area contributed by atoms with Gasteiger partial charge in [0.2, 0.25) is 0 Å². The van der Waals surface area contributed by atoms with Crippen molar-refractivity contribution < 1.29 is 4.74 Å². The molecule has 2 nitrogen and oxygen atoms in total. The van der Waals surface area contributed by atoms with Crippen LogP contribution < -0.4 is 4.74 Å². The second-order valence-electron chi connectivity index (χ2n) is 5.67. The van der Waals surface area contributed by atoms with Crippen molar-refractivity contribution >= 4 is 0 Å². The molecule has 0 radical (unpaired) electrons. The quantitative estimate of drug-likeness (QED) is 0.800. The normalized spacial score (nSPS) is 21.2. The topological polar surface area (TPSA) is 12.5 Å². The van der Waals surface area contributed by atoms with Crippen LogP contribution in [0.25, 0.3) is 0 Å². The molecule has 0 unspecified atom stereocenters. The van der Waals surface area contributed by atoms with E-state index in [0.29, 0.717) is 6.04 Å². The number of hydrogen-bond acceptors (Lipinski definition) is 2. The molecule has 1 heterocycles. The molecule has 1 aliphatic heterocycles. The highest BCUT2D eigenvalue weighted by Gasteiger charge is 2.24. The number of likely N-dealkylation sites (tertiary alicyclic amines) is 1. The third-order valence-corrected chi connectivity index (χ3v) is 3.71. The molecule has 0 aliphatic carbocycles. The molecule has 0 spiro atoms. The monoisotopic (exact) mass is 247 g/mol. The number of nitrogens with zero attached hydrogens (tertiary/aromatic N) is 1. The third kappa shape index (κ3) is 3.26. The lowest BCUT2D eigenvalue weighted by atomic mass is 9.94. The van der Waals surface area contributed by atoms with Crippen molar-refractivity contribution in [1.82, 2.24) is 4.90 Å². The molecule has 0 bridgehead atoms. The summed E-state index contributed by atoms with van der Waals surface area (Å²) in [4.78, 5) is 2.65. The number of hydrogen-bond donors (Lipinski definition) is 0. The van der Waals surface area contributed by atoms with Crippen molar-refractivity contribution in [1.29, 1.82) is 0 Å². The van der Waals surface area contributed by atoms with Crippen molar-refractivity contribution in [3.8, 4) is 5.75 Å². The summed E-state index contributed by atoms with van der Waals surface area (Å²) in [5.74, 6) is 1.69. The molecule has 1 aliphatic rings. The Balaban J connectivity index is 2.11. The Morgan fingerprint density at radius 1 is 1.22 bits per heavy atom. The van der Waals surface area contributed by atoms with Gasteiger partial charge < -0.3 is 4.74 Å². The van der Waals surface area contributed by atoms with Crippen LogP contribution in [0.2, 0.25) is 0 Å². The number of benzene rings is 1. The molecule has 0 saturated carbocycles. The van der Waals surface area contributed by atoms with Crippen molar-refractivity contribution in [2.75, 3.05) is 20.2 Å². The van der Waals surface area contributed by atoms with Gasteiger partial charge >= 0.3 is 0 Å². The Morgan fingerprint density at radius 2 is 1.94 bits per heavy atom. The molecular formula is C16H25NO. The van der Waals surface area contributed by atoms with Gasteiger partial charge in [0.15, 0.2) is 0 Å². The highest BCUT2D eigenvalue weighted by atomic mass is 16.5. The molecule has 0 amide bonds. The van der Waals surface area contributed by atoms with E-state index in [2.05, 4.69) is 43.0 Å². The largest absolute Gasteiger partial charge is 0.497 e.